The number of rotatable bonds is 11. The van der Waals surface area contributed by atoms with Gasteiger partial charge in [-0.2, -0.15) is 5.10 Å². The largest absolute Gasteiger partial charge is 0.507 e. The van der Waals surface area contributed by atoms with Crippen LogP contribution in [-0.2, 0) is 4.74 Å². The monoisotopic (exact) mass is 525 g/mol. The van der Waals surface area contributed by atoms with E-state index in [1.54, 1.807) is 12.1 Å². The minimum absolute atomic E-state index is 0.0666. The van der Waals surface area contributed by atoms with Crippen molar-refractivity contribution in [3.8, 4) is 22.8 Å². The third-order valence-corrected chi connectivity index (χ3v) is 6.94. The van der Waals surface area contributed by atoms with E-state index in [4.69, 9.17) is 21.1 Å². The molecule has 0 fully saturated rings. The average molecular weight is 526 g/mol. The van der Waals surface area contributed by atoms with E-state index in [0.717, 1.165) is 28.9 Å². The Labute approximate surface area is 223 Å². The Balaban J connectivity index is 1.74. The molecule has 2 heterocycles. The number of benzene rings is 2. The number of phenolic OH excluding ortho intramolecular Hbond substituents is 1. The van der Waals surface area contributed by atoms with Crippen LogP contribution in [0.25, 0.3) is 11.3 Å². The summed E-state index contributed by atoms with van der Waals surface area (Å²) >= 11 is 6.41. The Morgan fingerprint density at radius 2 is 1.95 bits per heavy atom. The van der Waals surface area contributed by atoms with Crippen LogP contribution in [0, 0.1) is 12.8 Å². The maximum Gasteiger partial charge on any atom is 0.273 e. The van der Waals surface area contributed by atoms with E-state index in [9.17, 15) is 9.90 Å². The number of carbonyl (C=O) groups is 1. The highest BCUT2D eigenvalue weighted by atomic mass is 35.5. The highest BCUT2D eigenvalue weighted by Gasteiger charge is 2.42. The summed E-state index contributed by atoms with van der Waals surface area (Å²) in [6.07, 6.45) is 1.78. The van der Waals surface area contributed by atoms with Gasteiger partial charge in [-0.25, -0.2) is 0 Å². The molecule has 198 valence electrons. The van der Waals surface area contributed by atoms with Crippen molar-refractivity contribution in [1.82, 2.24) is 15.1 Å². The second kappa shape index (κ2) is 11.6. The number of aryl methyl sites for hydroxylation is 1. The second-order valence-corrected chi connectivity index (χ2v) is 10.7. The zero-order valence-electron chi connectivity index (χ0n) is 22.2. The Hall–Kier alpha value is -3.03. The summed E-state index contributed by atoms with van der Waals surface area (Å²) in [7, 11) is 0. The molecule has 1 aliphatic rings. The van der Waals surface area contributed by atoms with E-state index in [0.29, 0.717) is 54.1 Å². The van der Waals surface area contributed by atoms with Gasteiger partial charge in [0.15, 0.2) is 0 Å². The van der Waals surface area contributed by atoms with Crippen molar-refractivity contribution in [2.75, 3.05) is 19.8 Å². The van der Waals surface area contributed by atoms with Crippen LogP contribution in [0.4, 0.5) is 0 Å². The number of ether oxygens (including phenoxy) is 2. The number of hydrogen-bond donors (Lipinski definition) is 2. The van der Waals surface area contributed by atoms with E-state index in [1.807, 2.05) is 49.9 Å². The lowest BCUT2D eigenvalue weighted by Crippen LogP contribution is -2.31. The van der Waals surface area contributed by atoms with Crippen molar-refractivity contribution in [3.05, 3.63) is 63.8 Å². The molecular formula is C29H36ClN3O4. The first-order valence-electron chi connectivity index (χ1n) is 12.9. The Bertz CT molecular complexity index is 1250. The van der Waals surface area contributed by atoms with Crippen LogP contribution in [0.1, 0.15) is 73.8 Å². The number of hydrogen-bond acceptors (Lipinski definition) is 5. The number of nitrogens with one attached hydrogen (secondary N) is 1. The van der Waals surface area contributed by atoms with Crippen LogP contribution in [0.2, 0.25) is 5.02 Å². The quantitative estimate of drug-likeness (QED) is 0.278. The first-order chi connectivity index (χ1) is 17.7. The molecule has 4 rings (SSSR count). The molecule has 2 aromatic carbocycles. The van der Waals surface area contributed by atoms with Crippen LogP contribution in [0.15, 0.2) is 36.4 Å². The van der Waals surface area contributed by atoms with Gasteiger partial charge in [0, 0.05) is 29.3 Å². The first kappa shape index (κ1) is 27.0. The van der Waals surface area contributed by atoms with Gasteiger partial charge in [-0.15, -0.1) is 0 Å². The standard InChI is InChI=1S/C29H36ClN3O4/c1-17(2)10-13-37-21-9-6-8-20(15-21)28-25-26(22-16-23(30)19(5)14-24(22)34)31-32-27(25)29(35)33(28)11-7-12-36-18(3)4/h6,8-9,14-18,28,34H,7,10-13H2,1-5H3,(H,31,32). The van der Waals surface area contributed by atoms with Gasteiger partial charge in [0.1, 0.15) is 22.9 Å². The van der Waals surface area contributed by atoms with E-state index in [1.165, 1.54) is 0 Å². The van der Waals surface area contributed by atoms with Crippen molar-refractivity contribution in [3.63, 3.8) is 0 Å². The highest BCUT2D eigenvalue weighted by Crippen LogP contribution is 2.45. The summed E-state index contributed by atoms with van der Waals surface area (Å²) < 4.78 is 11.8. The molecule has 7 nitrogen and oxygen atoms in total. The van der Waals surface area contributed by atoms with E-state index < -0.39 is 6.04 Å². The fourth-order valence-corrected chi connectivity index (χ4v) is 4.74. The van der Waals surface area contributed by atoms with Crippen LogP contribution < -0.4 is 4.74 Å². The molecule has 1 amide bonds. The number of halogens is 1. The fraction of sp³-hybridized carbons (Fsp3) is 0.448. The lowest BCUT2D eigenvalue weighted by molar-refractivity contribution is 0.0601. The number of aromatic amines is 1. The van der Waals surface area contributed by atoms with Crippen molar-refractivity contribution in [2.24, 2.45) is 5.92 Å². The van der Waals surface area contributed by atoms with Crippen LogP contribution in [0.5, 0.6) is 11.5 Å². The molecular weight excluding hydrogens is 490 g/mol. The molecule has 1 aliphatic heterocycles. The minimum Gasteiger partial charge on any atom is -0.507 e. The molecule has 0 bridgehead atoms. The predicted molar refractivity (Wildman–Crippen MR) is 145 cm³/mol. The number of carbonyl (C=O) groups excluding carboxylic acids is 1. The number of aromatic hydroxyl groups is 1. The number of aromatic nitrogens is 2. The van der Waals surface area contributed by atoms with Crippen molar-refractivity contribution in [1.29, 1.82) is 0 Å². The van der Waals surface area contributed by atoms with Gasteiger partial charge in [-0.3, -0.25) is 9.89 Å². The topological polar surface area (TPSA) is 87.7 Å². The van der Waals surface area contributed by atoms with Crippen LogP contribution in [0.3, 0.4) is 0 Å². The molecule has 8 heteroatoms. The molecule has 37 heavy (non-hydrogen) atoms. The molecule has 2 N–H and O–H groups in total. The third kappa shape index (κ3) is 5.94. The number of amides is 1. The second-order valence-electron chi connectivity index (χ2n) is 10.3. The summed E-state index contributed by atoms with van der Waals surface area (Å²) in [5, 5.41) is 18.7. The number of nitrogens with zero attached hydrogens (tertiary/aromatic N) is 2. The zero-order valence-corrected chi connectivity index (χ0v) is 22.9. The molecule has 1 atom stereocenters. The number of fused-ring (bicyclic) bond motifs is 1. The molecule has 0 radical (unpaired) electrons. The van der Waals surface area contributed by atoms with Crippen molar-refractivity contribution < 1.29 is 19.4 Å². The predicted octanol–water partition coefficient (Wildman–Crippen LogP) is 6.53. The van der Waals surface area contributed by atoms with Gasteiger partial charge >= 0.3 is 0 Å². The number of H-pyrrole nitrogens is 1. The molecule has 0 spiro atoms. The van der Waals surface area contributed by atoms with Gasteiger partial charge < -0.3 is 19.5 Å². The maximum absolute atomic E-state index is 13.6. The molecule has 1 aromatic heterocycles. The van der Waals surface area contributed by atoms with E-state index in [-0.39, 0.29) is 17.8 Å². The molecule has 1 unspecified atom stereocenters. The average Bonchev–Trinajstić information content (AvgIpc) is 3.38. The van der Waals surface area contributed by atoms with Gasteiger partial charge in [-0.1, -0.05) is 37.6 Å². The number of phenols is 1. The molecule has 0 saturated carbocycles. The fourth-order valence-electron chi connectivity index (χ4n) is 4.58. The Kier molecular flexibility index (Phi) is 8.45. The third-order valence-electron chi connectivity index (χ3n) is 6.53. The smallest absolute Gasteiger partial charge is 0.273 e. The zero-order chi connectivity index (χ0) is 26.7. The van der Waals surface area contributed by atoms with Crippen molar-refractivity contribution in [2.45, 2.75) is 59.6 Å². The van der Waals surface area contributed by atoms with E-state index >= 15 is 0 Å². The molecule has 0 saturated heterocycles. The van der Waals surface area contributed by atoms with E-state index in [2.05, 4.69) is 24.0 Å². The first-order valence-corrected chi connectivity index (χ1v) is 13.3. The SMILES string of the molecule is Cc1cc(O)c(-c2n[nH]c3c2C(c2cccc(OCCC(C)C)c2)N(CCCOC(C)C)C3=O)cc1Cl. The summed E-state index contributed by atoms with van der Waals surface area (Å²) in [5.74, 6) is 1.24. The molecule has 3 aromatic rings. The minimum atomic E-state index is -0.400. The van der Waals surface area contributed by atoms with Gasteiger partial charge in [0.05, 0.1) is 18.8 Å². The van der Waals surface area contributed by atoms with Gasteiger partial charge in [-0.05, 0) is 74.9 Å². The lowest BCUT2D eigenvalue weighted by atomic mass is 9.95. The Morgan fingerprint density at radius 3 is 2.68 bits per heavy atom. The van der Waals surface area contributed by atoms with Gasteiger partial charge in [0.2, 0.25) is 0 Å². The summed E-state index contributed by atoms with van der Waals surface area (Å²) in [6.45, 7) is 11.8. The highest BCUT2D eigenvalue weighted by molar-refractivity contribution is 6.31. The summed E-state index contributed by atoms with van der Waals surface area (Å²) in [5.41, 5.74) is 3.83. The van der Waals surface area contributed by atoms with Crippen molar-refractivity contribution >= 4 is 17.5 Å². The van der Waals surface area contributed by atoms with Crippen LogP contribution >= 0.6 is 11.6 Å². The summed E-state index contributed by atoms with van der Waals surface area (Å²) in [4.78, 5) is 15.4. The van der Waals surface area contributed by atoms with Crippen LogP contribution in [-0.4, -0.2) is 52.0 Å². The Morgan fingerprint density at radius 1 is 1.16 bits per heavy atom. The van der Waals surface area contributed by atoms with Gasteiger partial charge in [0.25, 0.3) is 5.91 Å². The summed E-state index contributed by atoms with van der Waals surface area (Å²) in [6, 6.07) is 10.8. The normalized spacial score (nSPS) is 15.2. The lowest BCUT2D eigenvalue weighted by Gasteiger charge is -2.27. The maximum atomic E-state index is 13.6. The molecule has 0 aliphatic carbocycles.